The van der Waals surface area contributed by atoms with Crippen LogP contribution in [0, 0.1) is 0 Å². The van der Waals surface area contributed by atoms with Crippen molar-refractivity contribution in [2.75, 3.05) is 18.4 Å². The highest BCUT2D eigenvalue weighted by Crippen LogP contribution is 2.30. The third kappa shape index (κ3) is 5.14. The Hall–Kier alpha value is -2.10. The molecule has 0 aromatic heterocycles. The zero-order valence-corrected chi connectivity index (χ0v) is 17.4. The van der Waals surface area contributed by atoms with Gasteiger partial charge in [0, 0.05) is 18.8 Å². The minimum absolute atomic E-state index is 0.0363. The molecule has 1 N–H and O–H groups in total. The van der Waals surface area contributed by atoms with Crippen molar-refractivity contribution in [1.82, 2.24) is 4.31 Å². The summed E-state index contributed by atoms with van der Waals surface area (Å²) in [6.07, 6.45) is -1.01. The molecule has 5 nitrogen and oxygen atoms in total. The molecule has 162 valence electrons. The number of hydrogen-bond acceptors (Lipinski definition) is 3. The maximum absolute atomic E-state index is 13.0. The quantitative estimate of drug-likeness (QED) is 0.684. The fourth-order valence-electron chi connectivity index (χ4n) is 3.21. The van der Waals surface area contributed by atoms with Gasteiger partial charge in [-0.2, -0.15) is 17.5 Å². The van der Waals surface area contributed by atoms with E-state index in [1.807, 2.05) is 0 Å². The first kappa shape index (κ1) is 22.6. The molecule has 1 heterocycles. The van der Waals surface area contributed by atoms with E-state index in [9.17, 15) is 26.4 Å². The summed E-state index contributed by atoms with van der Waals surface area (Å²) in [7, 11) is -3.78. The Morgan fingerprint density at radius 1 is 0.967 bits per heavy atom. The summed E-state index contributed by atoms with van der Waals surface area (Å²) in [6, 6.07) is 7.79. The Morgan fingerprint density at radius 3 is 2.13 bits per heavy atom. The highest BCUT2D eigenvalue weighted by atomic mass is 35.5. The lowest BCUT2D eigenvalue weighted by atomic mass is 10.1. The molecule has 0 saturated carbocycles. The van der Waals surface area contributed by atoms with E-state index in [0.29, 0.717) is 13.1 Å². The van der Waals surface area contributed by atoms with Gasteiger partial charge in [-0.15, -0.1) is 0 Å². The van der Waals surface area contributed by atoms with Crippen LogP contribution in [-0.2, 0) is 16.2 Å². The van der Waals surface area contributed by atoms with Crippen LogP contribution in [0.2, 0.25) is 5.02 Å². The van der Waals surface area contributed by atoms with Gasteiger partial charge in [0.15, 0.2) is 0 Å². The van der Waals surface area contributed by atoms with Gasteiger partial charge in [-0.3, -0.25) is 4.79 Å². The summed E-state index contributed by atoms with van der Waals surface area (Å²) < 4.78 is 65.3. The predicted molar refractivity (Wildman–Crippen MR) is 108 cm³/mol. The average Bonchev–Trinajstić information content (AvgIpc) is 2.98. The molecular weight excluding hydrogens is 441 g/mol. The van der Waals surface area contributed by atoms with Crippen molar-refractivity contribution in [1.29, 1.82) is 0 Å². The van der Waals surface area contributed by atoms with Crippen LogP contribution >= 0.6 is 11.6 Å². The van der Waals surface area contributed by atoms with Crippen molar-refractivity contribution in [3.63, 3.8) is 0 Å². The summed E-state index contributed by atoms with van der Waals surface area (Å²) in [5.41, 5.74) is -0.790. The van der Waals surface area contributed by atoms with E-state index in [1.54, 1.807) is 0 Å². The van der Waals surface area contributed by atoms with Crippen molar-refractivity contribution in [2.24, 2.45) is 0 Å². The Balaban J connectivity index is 1.83. The molecule has 2 aromatic rings. The summed E-state index contributed by atoms with van der Waals surface area (Å²) in [6.45, 7) is 0.829. The molecule has 30 heavy (non-hydrogen) atoms. The first-order valence-electron chi connectivity index (χ1n) is 9.37. The number of halogens is 4. The Morgan fingerprint density at radius 2 is 1.57 bits per heavy atom. The summed E-state index contributed by atoms with van der Waals surface area (Å²) >= 11 is 6.09. The molecule has 0 atom stereocenters. The number of alkyl halides is 3. The third-order valence-electron chi connectivity index (χ3n) is 4.86. The number of nitrogens with one attached hydrogen (secondary N) is 1. The van der Waals surface area contributed by atoms with Gasteiger partial charge in [0.25, 0.3) is 5.91 Å². The molecule has 1 saturated heterocycles. The number of nitrogens with zero attached hydrogens (tertiary/aromatic N) is 1. The van der Waals surface area contributed by atoms with Crippen LogP contribution in [0.5, 0.6) is 0 Å². The summed E-state index contributed by atoms with van der Waals surface area (Å²) in [5, 5.41) is 2.48. The number of hydrogen-bond donors (Lipinski definition) is 1. The Bertz CT molecular complexity index is 1020. The maximum Gasteiger partial charge on any atom is 0.416 e. The fourth-order valence-corrected chi connectivity index (χ4v) is 4.96. The van der Waals surface area contributed by atoms with E-state index in [2.05, 4.69) is 5.32 Å². The van der Waals surface area contributed by atoms with Crippen molar-refractivity contribution in [3.05, 3.63) is 58.6 Å². The van der Waals surface area contributed by atoms with Crippen molar-refractivity contribution < 1.29 is 26.4 Å². The van der Waals surface area contributed by atoms with Gasteiger partial charge in [-0.25, -0.2) is 8.42 Å². The van der Waals surface area contributed by atoms with Gasteiger partial charge in [0.05, 0.1) is 21.0 Å². The van der Waals surface area contributed by atoms with E-state index < -0.39 is 27.7 Å². The minimum Gasteiger partial charge on any atom is -0.322 e. The van der Waals surface area contributed by atoms with Crippen LogP contribution in [0.15, 0.2) is 47.4 Å². The average molecular weight is 461 g/mol. The number of carbonyl (C=O) groups excluding carboxylic acids is 1. The van der Waals surface area contributed by atoms with E-state index in [4.69, 9.17) is 11.6 Å². The molecule has 3 rings (SSSR count). The summed E-state index contributed by atoms with van der Waals surface area (Å²) in [5.74, 6) is -0.715. The molecule has 1 amide bonds. The van der Waals surface area contributed by atoms with Crippen LogP contribution in [0.4, 0.5) is 18.9 Å². The molecule has 10 heteroatoms. The van der Waals surface area contributed by atoms with E-state index in [-0.39, 0.29) is 21.2 Å². The van der Waals surface area contributed by atoms with Crippen LogP contribution in [0.3, 0.4) is 0 Å². The molecule has 0 spiro atoms. The van der Waals surface area contributed by atoms with Crippen LogP contribution < -0.4 is 5.32 Å². The largest absolute Gasteiger partial charge is 0.416 e. The lowest BCUT2D eigenvalue weighted by Gasteiger charge is -2.20. The summed E-state index contributed by atoms with van der Waals surface area (Å²) in [4.78, 5) is 12.6. The van der Waals surface area contributed by atoms with Gasteiger partial charge in [0.2, 0.25) is 10.0 Å². The number of rotatable bonds is 4. The van der Waals surface area contributed by atoms with E-state index >= 15 is 0 Å². The number of amides is 1. The topological polar surface area (TPSA) is 66.5 Å². The van der Waals surface area contributed by atoms with E-state index in [1.165, 1.54) is 22.5 Å². The first-order chi connectivity index (χ1) is 14.1. The monoisotopic (exact) mass is 460 g/mol. The molecule has 2 aromatic carbocycles. The second-order valence-electron chi connectivity index (χ2n) is 6.99. The number of anilines is 1. The highest BCUT2D eigenvalue weighted by molar-refractivity contribution is 7.89. The lowest BCUT2D eigenvalue weighted by Crippen LogP contribution is -2.32. The van der Waals surface area contributed by atoms with Gasteiger partial charge in [0.1, 0.15) is 0 Å². The molecule has 0 bridgehead atoms. The number of benzene rings is 2. The molecular formula is C20H20ClF3N2O3S. The zero-order chi connectivity index (χ0) is 21.9. The fraction of sp³-hybridized carbons (Fsp3) is 0.350. The highest BCUT2D eigenvalue weighted by Gasteiger charge is 2.30. The predicted octanol–water partition coefficient (Wildman–Crippen LogP) is 5.18. The van der Waals surface area contributed by atoms with E-state index in [0.717, 1.165) is 49.9 Å². The van der Waals surface area contributed by atoms with Crippen molar-refractivity contribution in [2.45, 2.75) is 36.8 Å². The molecule has 0 aliphatic carbocycles. The second kappa shape index (κ2) is 8.95. The lowest BCUT2D eigenvalue weighted by molar-refractivity contribution is -0.137. The minimum atomic E-state index is -4.48. The van der Waals surface area contributed by atoms with Gasteiger partial charge in [-0.1, -0.05) is 24.4 Å². The molecule has 0 unspecified atom stereocenters. The normalized spacial score (nSPS) is 16.1. The maximum atomic E-state index is 13.0. The van der Waals surface area contributed by atoms with Crippen molar-refractivity contribution in [3.8, 4) is 0 Å². The first-order valence-corrected chi connectivity index (χ1v) is 11.2. The SMILES string of the molecule is O=C(Nc1ccc(C(F)(F)F)cc1)c1cc(S(=O)(=O)N2CCCCCC2)ccc1Cl. The molecule has 1 aliphatic heterocycles. The van der Waals surface area contributed by atoms with Gasteiger partial charge < -0.3 is 5.32 Å². The van der Waals surface area contributed by atoms with Crippen LogP contribution in [-0.4, -0.2) is 31.7 Å². The second-order valence-corrected chi connectivity index (χ2v) is 9.33. The third-order valence-corrected chi connectivity index (χ3v) is 7.08. The Kier molecular flexibility index (Phi) is 6.74. The number of sulfonamides is 1. The molecule has 1 fully saturated rings. The molecule has 1 aliphatic rings. The Labute approximate surface area is 177 Å². The van der Waals surface area contributed by atoms with Gasteiger partial charge in [-0.05, 0) is 55.3 Å². The van der Waals surface area contributed by atoms with Crippen LogP contribution in [0.1, 0.15) is 41.6 Å². The number of carbonyl (C=O) groups is 1. The standard InChI is InChI=1S/C20H20ClF3N2O3S/c21-18-10-9-16(30(28,29)26-11-3-1-2-4-12-26)13-17(18)19(27)25-15-7-5-14(6-8-15)20(22,23)24/h5-10,13H,1-4,11-12H2,(H,25,27). The smallest absolute Gasteiger partial charge is 0.322 e. The zero-order valence-electron chi connectivity index (χ0n) is 15.9. The van der Waals surface area contributed by atoms with Crippen LogP contribution in [0.25, 0.3) is 0 Å². The van der Waals surface area contributed by atoms with Gasteiger partial charge >= 0.3 is 6.18 Å². The van der Waals surface area contributed by atoms with Crippen molar-refractivity contribution >= 4 is 33.2 Å². The molecule has 0 radical (unpaired) electrons.